The summed E-state index contributed by atoms with van der Waals surface area (Å²) < 4.78 is 5.41. The fraction of sp³-hybridized carbons (Fsp3) is 0.941. The van der Waals surface area contributed by atoms with Crippen LogP contribution in [0.4, 0.5) is 4.79 Å². The number of hydrogen-bond acceptors (Lipinski definition) is 4. The van der Waals surface area contributed by atoms with Crippen LogP contribution < -0.4 is 5.32 Å². The molecule has 5 heteroatoms. The SMILES string of the molecule is CC1CCCC(O)(CNC2CCN(C(=O)OC(C)(C)C)C2)C1. The molecule has 0 bridgehead atoms. The molecule has 0 spiro atoms. The van der Waals surface area contributed by atoms with Gasteiger partial charge in [-0.1, -0.05) is 19.8 Å². The number of likely N-dealkylation sites (tertiary alicyclic amines) is 1. The van der Waals surface area contributed by atoms with Crippen LogP contribution >= 0.6 is 0 Å². The molecule has 2 rings (SSSR count). The lowest BCUT2D eigenvalue weighted by molar-refractivity contribution is -0.0135. The lowest BCUT2D eigenvalue weighted by atomic mass is 9.79. The van der Waals surface area contributed by atoms with Crippen LogP contribution in [0.5, 0.6) is 0 Å². The Balaban J connectivity index is 1.75. The molecular weight excluding hydrogens is 280 g/mol. The maximum Gasteiger partial charge on any atom is 0.410 e. The molecular formula is C17H32N2O3. The third kappa shape index (κ3) is 5.13. The van der Waals surface area contributed by atoms with Gasteiger partial charge in [0.2, 0.25) is 0 Å². The molecule has 1 heterocycles. The molecule has 1 saturated carbocycles. The zero-order valence-electron chi connectivity index (χ0n) is 14.5. The molecule has 1 aliphatic heterocycles. The monoisotopic (exact) mass is 312 g/mol. The van der Waals surface area contributed by atoms with Gasteiger partial charge in [0.1, 0.15) is 5.60 Å². The molecule has 0 radical (unpaired) electrons. The van der Waals surface area contributed by atoms with Crippen molar-refractivity contribution >= 4 is 6.09 Å². The second-order valence-corrected chi connectivity index (χ2v) is 8.22. The van der Waals surface area contributed by atoms with Crippen molar-refractivity contribution in [2.45, 2.75) is 77.0 Å². The van der Waals surface area contributed by atoms with Gasteiger partial charge in [-0.25, -0.2) is 4.79 Å². The van der Waals surface area contributed by atoms with E-state index in [4.69, 9.17) is 4.74 Å². The zero-order valence-corrected chi connectivity index (χ0v) is 14.5. The second-order valence-electron chi connectivity index (χ2n) is 8.22. The van der Waals surface area contributed by atoms with Gasteiger partial charge < -0.3 is 20.1 Å². The number of hydrogen-bond donors (Lipinski definition) is 2. The first-order valence-corrected chi connectivity index (χ1v) is 8.61. The fourth-order valence-corrected chi connectivity index (χ4v) is 3.55. The van der Waals surface area contributed by atoms with Gasteiger partial charge in [-0.05, 0) is 46.0 Å². The van der Waals surface area contributed by atoms with Crippen molar-refractivity contribution in [2.24, 2.45) is 5.92 Å². The van der Waals surface area contributed by atoms with Gasteiger partial charge in [-0.3, -0.25) is 0 Å². The standard InChI is InChI=1S/C17H32N2O3/c1-13-6-5-8-17(21,10-13)12-18-14-7-9-19(11-14)15(20)22-16(2,3)4/h13-14,18,21H,5-12H2,1-4H3. The number of carbonyl (C=O) groups excluding carboxylic acids is 1. The maximum atomic E-state index is 12.0. The molecule has 2 N–H and O–H groups in total. The van der Waals surface area contributed by atoms with E-state index < -0.39 is 11.2 Å². The van der Waals surface area contributed by atoms with Gasteiger partial charge in [0.05, 0.1) is 5.60 Å². The fourth-order valence-electron chi connectivity index (χ4n) is 3.55. The van der Waals surface area contributed by atoms with E-state index in [0.717, 1.165) is 32.2 Å². The molecule has 22 heavy (non-hydrogen) atoms. The number of carbonyl (C=O) groups is 1. The van der Waals surface area contributed by atoms with Crippen molar-refractivity contribution in [1.82, 2.24) is 10.2 Å². The van der Waals surface area contributed by atoms with Crippen molar-refractivity contribution in [3.05, 3.63) is 0 Å². The summed E-state index contributed by atoms with van der Waals surface area (Å²) in [6, 6.07) is 0.258. The summed E-state index contributed by atoms with van der Waals surface area (Å²) in [6.07, 6.45) is 4.77. The third-order valence-electron chi connectivity index (χ3n) is 4.63. The van der Waals surface area contributed by atoms with E-state index >= 15 is 0 Å². The maximum absolute atomic E-state index is 12.0. The molecule has 3 atom stereocenters. The van der Waals surface area contributed by atoms with Gasteiger partial charge in [0.25, 0.3) is 0 Å². The lowest BCUT2D eigenvalue weighted by Crippen LogP contribution is -2.48. The summed E-state index contributed by atoms with van der Waals surface area (Å²) in [7, 11) is 0. The van der Waals surface area contributed by atoms with E-state index in [9.17, 15) is 9.90 Å². The molecule has 1 amide bonds. The minimum atomic E-state index is -0.572. The van der Waals surface area contributed by atoms with E-state index in [1.54, 1.807) is 4.90 Å². The van der Waals surface area contributed by atoms with Crippen LogP contribution in [0.25, 0.3) is 0 Å². The largest absolute Gasteiger partial charge is 0.444 e. The van der Waals surface area contributed by atoms with Crippen LogP contribution in [0, 0.1) is 5.92 Å². The summed E-state index contributed by atoms with van der Waals surface area (Å²) in [5.41, 5.74) is -1.02. The molecule has 0 aromatic heterocycles. The Hall–Kier alpha value is -0.810. The Morgan fingerprint density at radius 3 is 2.77 bits per heavy atom. The molecule has 2 fully saturated rings. The molecule has 3 unspecified atom stereocenters. The molecule has 5 nitrogen and oxygen atoms in total. The summed E-state index contributed by atoms with van der Waals surface area (Å²) in [5, 5.41) is 14.1. The average molecular weight is 312 g/mol. The number of nitrogens with one attached hydrogen (secondary N) is 1. The highest BCUT2D eigenvalue weighted by atomic mass is 16.6. The van der Waals surface area contributed by atoms with Crippen LogP contribution in [0.1, 0.15) is 59.8 Å². The Labute approximate surface area is 134 Å². The van der Waals surface area contributed by atoms with Crippen LogP contribution in [0.15, 0.2) is 0 Å². The van der Waals surface area contributed by atoms with Crippen LogP contribution in [0.3, 0.4) is 0 Å². The summed E-state index contributed by atoms with van der Waals surface area (Å²) in [5.74, 6) is 0.599. The van der Waals surface area contributed by atoms with Crippen molar-refractivity contribution in [3.63, 3.8) is 0 Å². The van der Waals surface area contributed by atoms with Gasteiger partial charge in [-0.2, -0.15) is 0 Å². The quantitative estimate of drug-likeness (QED) is 0.840. The first-order valence-electron chi connectivity index (χ1n) is 8.61. The predicted octanol–water partition coefficient (Wildman–Crippen LogP) is 2.53. The Bertz CT molecular complexity index is 394. The molecule has 0 aromatic rings. The minimum Gasteiger partial charge on any atom is -0.444 e. The van der Waals surface area contributed by atoms with Gasteiger partial charge in [-0.15, -0.1) is 0 Å². The highest BCUT2D eigenvalue weighted by molar-refractivity contribution is 5.68. The molecule has 0 aromatic carbocycles. The van der Waals surface area contributed by atoms with Gasteiger partial charge in [0, 0.05) is 25.7 Å². The van der Waals surface area contributed by atoms with E-state index in [2.05, 4.69) is 12.2 Å². The van der Waals surface area contributed by atoms with Crippen molar-refractivity contribution in [2.75, 3.05) is 19.6 Å². The number of nitrogens with zero attached hydrogens (tertiary/aromatic N) is 1. The molecule has 1 aliphatic carbocycles. The van der Waals surface area contributed by atoms with Crippen molar-refractivity contribution < 1.29 is 14.6 Å². The van der Waals surface area contributed by atoms with E-state index in [-0.39, 0.29) is 12.1 Å². The van der Waals surface area contributed by atoms with Crippen LogP contribution in [-0.2, 0) is 4.74 Å². The number of aliphatic hydroxyl groups is 1. The van der Waals surface area contributed by atoms with Crippen LogP contribution in [0.2, 0.25) is 0 Å². The minimum absolute atomic E-state index is 0.234. The highest BCUT2D eigenvalue weighted by Crippen LogP contribution is 2.31. The normalized spacial score (nSPS) is 33.0. The third-order valence-corrected chi connectivity index (χ3v) is 4.63. The van der Waals surface area contributed by atoms with E-state index in [1.165, 1.54) is 6.42 Å². The Morgan fingerprint density at radius 2 is 2.14 bits per heavy atom. The molecule has 128 valence electrons. The lowest BCUT2D eigenvalue weighted by Gasteiger charge is -2.36. The first-order chi connectivity index (χ1) is 10.2. The Morgan fingerprint density at radius 1 is 1.41 bits per heavy atom. The summed E-state index contributed by atoms with van der Waals surface area (Å²) >= 11 is 0. The first kappa shape index (κ1) is 17.5. The summed E-state index contributed by atoms with van der Waals surface area (Å²) in [4.78, 5) is 13.8. The molecule has 1 saturated heterocycles. The molecule has 2 aliphatic rings. The number of ether oxygens (including phenoxy) is 1. The van der Waals surface area contributed by atoms with Gasteiger partial charge in [0.15, 0.2) is 0 Å². The van der Waals surface area contributed by atoms with Gasteiger partial charge >= 0.3 is 6.09 Å². The topological polar surface area (TPSA) is 61.8 Å². The second kappa shape index (κ2) is 6.75. The van der Waals surface area contributed by atoms with E-state index in [1.807, 2.05) is 20.8 Å². The number of amides is 1. The van der Waals surface area contributed by atoms with Crippen molar-refractivity contribution in [3.8, 4) is 0 Å². The van der Waals surface area contributed by atoms with Crippen molar-refractivity contribution in [1.29, 1.82) is 0 Å². The highest BCUT2D eigenvalue weighted by Gasteiger charge is 2.35. The van der Waals surface area contributed by atoms with E-state index in [0.29, 0.717) is 19.0 Å². The smallest absolute Gasteiger partial charge is 0.410 e. The predicted molar refractivity (Wildman–Crippen MR) is 86.8 cm³/mol. The summed E-state index contributed by atoms with van der Waals surface area (Å²) in [6.45, 7) is 9.89. The Kier molecular flexibility index (Phi) is 5.38. The van der Waals surface area contributed by atoms with Crippen LogP contribution in [-0.4, -0.2) is 53.0 Å². The number of rotatable bonds is 3. The zero-order chi connectivity index (χ0) is 16.4. The average Bonchev–Trinajstić information content (AvgIpc) is 2.83.